The van der Waals surface area contributed by atoms with Crippen molar-refractivity contribution < 1.29 is 13.2 Å². The Hall–Kier alpha value is -0.630. The van der Waals surface area contributed by atoms with Crippen molar-refractivity contribution >= 4 is 44.1 Å². The molecule has 1 heterocycles. The van der Waals surface area contributed by atoms with E-state index in [2.05, 4.69) is 26.6 Å². The number of hydrogen-bond donors (Lipinski definition) is 2. The van der Waals surface area contributed by atoms with E-state index in [4.69, 9.17) is 0 Å². The molecule has 124 valence electrons. The maximum absolute atomic E-state index is 12.5. The summed E-state index contributed by atoms with van der Waals surface area (Å²) < 4.78 is 23.8. The lowest BCUT2D eigenvalue weighted by Gasteiger charge is -2.34. The van der Waals surface area contributed by atoms with Crippen molar-refractivity contribution in [2.45, 2.75) is 24.1 Å². The predicted octanol–water partition coefficient (Wildman–Crippen LogP) is 1.65. The molecule has 0 aliphatic carbocycles. The predicted molar refractivity (Wildman–Crippen MR) is 92.9 cm³/mol. The summed E-state index contributed by atoms with van der Waals surface area (Å²) in [6.45, 7) is 1.38. The molecule has 1 aromatic rings. The second-order valence-electron chi connectivity index (χ2n) is 5.29. The Bertz CT molecular complexity index is 631. The molecule has 1 aromatic carbocycles. The van der Waals surface area contributed by atoms with Gasteiger partial charge >= 0.3 is 0 Å². The van der Waals surface area contributed by atoms with Gasteiger partial charge in [0.2, 0.25) is 5.91 Å². The van der Waals surface area contributed by atoms with Crippen LogP contribution in [-0.4, -0.2) is 38.4 Å². The first-order chi connectivity index (χ1) is 9.87. The molecule has 0 bridgehead atoms. The van der Waals surface area contributed by atoms with Crippen molar-refractivity contribution in [1.29, 1.82) is 0 Å². The van der Waals surface area contributed by atoms with Gasteiger partial charge in [-0.1, -0.05) is 34.1 Å². The first-order valence-corrected chi connectivity index (χ1v) is 9.47. The van der Waals surface area contributed by atoms with Gasteiger partial charge in [0.25, 0.3) is 0 Å². The maximum Gasteiger partial charge on any atom is 0.241 e. The van der Waals surface area contributed by atoms with E-state index in [0.717, 1.165) is 16.3 Å². The minimum Gasteiger partial charge on any atom is -0.351 e. The van der Waals surface area contributed by atoms with E-state index >= 15 is 0 Å². The van der Waals surface area contributed by atoms with Crippen molar-refractivity contribution in [3.05, 3.63) is 34.3 Å². The summed E-state index contributed by atoms with van der Waals surface area (Å²) in [5.74, 6) is -0.401. The first kappa shape index (κ1) is 19.4. The molecule has 1 aliphatic heterocycles. The SMILES string of the molecule is CS(=O)(=O)C1(C(=O)NCc2ccccc2Br)CCNCC1.Cl. The fourth-order valence-electron chi connectivity index (χ4n) is 2.58. The average Bonchev–Trinajstić information content (AvgIpc) is 2.45. The molecule has 22 heavy (non-hydrogen) atoms. The summed E-state index contributed by atoms with van der Waals surface area (Å²) in [7, 11) is -3.47. The standard InChI is InChI=1S/C14H19BrN2O3S.ClH/c1-21(19,20)14(6-8-16-9-7-14)13(18)17-10-11-4-2-3-5-12(11)15;/h2-5,16H,6-10H2,1H3,(H,17,18);1H. The molecule has 0 spiro atoms. The monoisotopic (exact) mass is 410 g/mol. The fraction of sp³-hybridized carbons (Fsp3) is 0.500. The number of benzene rings is 1. The molecule has 2 rings (SSSR count). The highest BCUT2D eigenvalue weighted by Crippen LogP contribution is 2.28. The van der Waals surface area contributed by atoms with Crippen LogP contribution in [0, 0.1) is 0 Å². The third-order valence-electron chi connectivity index (χ3n) is 3.93. The zero-order chi connectivity index (χ0) is 15.5. The molecule has 0 unspecified atom stereocenters. The number of rotatable bonds is 4. The Balaban J connectivity index is 0.00000242. The molecule has 1 saturated heterocycles. The van der Waals surface area contributed by atoms with E-state index in [0.29, 0.717) is 32.5 Å². The third kappa shape index (κ3) is 4.01. The van der Waals surface area contributed by atoms with Crippen LogP contribution in [-0.2, 0) is 21.2 Å². The number of sulfone groups is 1. The van der Waals surface area contributed by atoms with Crippen LogP contribution in [0.5, 0.6) is 0 Å². The molecule has 0 saturated carbocycles. The molecular weight excluding hydrogens is 392 g/mol. The largest absolute Gasteiger partial charge is 0.351 e. The minimum absolute atomic E-state index is 0. The zero-order valence-corrected chi connectivity index (χ0v) is 15.5. The number of nitrogens with one attached hydrogen (secondary N) is 2. The smallest absolute Gasteiger partial charge is 0.241 e. The molecule has 5 nitrogen and oxygen atoms in total. The Morgan fingerprint density at radius 2 is 1.91 bits per heavy atom. The molecule has 0 atom stereocenters. The van der Waals surface area contributed by atoms with Crippen LogP contribution in [0.2, 0.25) is 0 Å². The van der Waals surface area contributed by atoms with Crippen LogP contribution < -0.4 is 10.6 Å². The molecule has 8 heteroatoms. The van der Waals surface area contributed by atoms with Gasteiger partial charge in [-0.05, 0) is 37.6 Å². The second kappa shape index (κ2) is 7.77. The highest BCUT2D eigenvalue weighted by Gasteiger charge is 2.48. The van der Waals surface area contributed by atoms with E-state index < -0.39 is 20.5 Å². The topological polar surface area (TPSA) is 75.3 Å². The van der Waals surface area contributed by atoms with Gasteiger partial charge in [0, 0.05) is 17.3 Å². The number of amides is 1. The van der Waals surface area contributed by atoms with Crippen LogP contribution >= 0.6 is 28.3 Å². The van der Waals surface area contributed by atoms with Gasteiger partial charge in [0.05, 0.1) is 0 Å². The van der Waals surface area contributed by atoms with Crippen molar-refractivity contribution in [3.8, 4) is 0 Å². The zero-order valence-electron chi connectivity index (χ0n) is 12.3. The Kier molecular flexibility index (Phi) is 6.85. The van der Waals surface area contributed by atoms with Gasteiger partial charge < -0.3 is 10.6 Å². The van der Waals surface area contributed by atoms with Crippen molar-refractivity contribution in [2.24, 2.45) is 0 Å². The van der Waals surface area contributed by atoms with Crippen LogP contribution in [0.4, 0.5) is 0 Å². The first-order valence-electron chi connectivity index (χ1n) is 6.79. The lowest BCUT2D eigenvalue weighted by Crippen LogP contribution is -2.57. The number of carbonyl (C=O) groups excluding carboxylic acids is 1. The molecule has 0 aromatic heterocycles. The summed E-state index contributed by atoms with van der Waals surface area (Å²) in [4.78, 5) is 12.5. The summed E-state index contributed by atoms with van der Waals surface area (Å²) in [5.41, 5.74) is 0.920. The maximum atomic E-state index is 12.5. The normalized spacial score (nSPS) is 17.4. The summed E-state index contributed by atoms with van der Waals surface area (Å²) >= 11 is 3.42. The van der Waals surface area contributed by atoms with Gasteiger partial charge in [0.15, 0.2) is 14.6 Å². The van der Waals surface area contributed by atoms with Crippen molar-refractivity contribution in [2.75, 3.05) is 19.3 Å². The van der Waals surface area contributed by atoms with E-state index in [1.54, 1.807) is 0 Å². The van der Waals surface area contributed by atoms with E-state index in [1.807, 2.05) is 24.3 Å². The molecular formula is C14H20BrClN2O3S. The van der Waals surface area contributed by atoms with Crippen LogP contribution in [0.25, 0.3) is 0 Å². The van der Waals surface area contributed by atoms with Crippen LogP contribution in [0.15, 0.2) is 28.7 Å². The molecule has 1 fully saturated rings. The number of halogens is 2. The van der Waals surface area contributed by atoms with E-state index in [-0.39, 0.29) is 12.4 Å². The number of hydrogen-bond acceptors (Lipinski definition) is 4. The Morgan fingerprint density at radius 1 is 1.32 bits per heavy atom. The lowest BCUT2D eigenvalue weighted by molar-refractivity contribution is -0.124. The molecule has 0 radical (unpaired) electrons. The minimum atomic E-state index is -3.47. The summed E-state index contributed by atoms with van der Waals surface area (Å²) in [6.07, 6.45) is 1.78. The van der Waals surface area contributed by atoms with Crippen LogP contribution in [0.3, 0.4) is 0 Å². The van der Waals surface area contributed by atoms with Gasteiger partial charge in [-0.3, -0.25) is 4.79 Å². The highest BCUT2D eigenvalue weighted by atomic mass is 79.9. The summed E-state index contributed by atoms with van der Waals surface area (Å²) in [5, 5.41) is 5.88. The van der Waals surface area contributed by atoms with Gasteiger partial charge in [0.1, 0.15) is 0 Å². The van der Waals surface area contributed by atoms with Gasteiger partial charge in [-0.2, -0.15) is 0 Å². The van der Waals surface area contributed by atoms with Gasteiger partial charge in [-0.15, -0.1) is 12.4 Å². The highest BCUT2D eigenvalue weighted by molar-refractivity contribution is 9.10. The lowest BCUT2D eigenvalue weighted by atomic mass is 9.95. The number of piperidine rings is 1. The number of carbonyl (C=O) groups is 1. The van der Waals surface area contributed by atoms with Crippen molar-refractivity contribution in [3.63, 3.8) is 0 Å². The fourth-order valence-corrected chi connectivity index (χ4v) is 4.35. The quantitative estimate of drug-likeness (QED) is 0.790. The Morgan fingerprint density at radius 3 is 2.45 bits per heavy atom. The average molecular weight is 412 g/mol. The van der Waals surface area contributed by atoms with E-state index in [1.165, 1.54) is 0 Å². The molecule has 2 N–H and O–H groups in total. The van der Waals surface area contributed by atoms with Crippen molar-refractivity contribution in [1.82, 2.24) is 10.6 Å². The Labute approximate surface area is 145 Å². The summed E-state index contributed by atoms with van der Waals surface area (Å²) in [6, 6.07) is 7.54. The van der Waals surface area contributed by atoms with E-state index in [9.17, 15) is 13.2 Å². The molecule has 1 amide bonds. The second-order valence-corrected chi connectivity index (χ2v) is 8.47. The molecule has 1 aliphatic rings. The van der Waals surface area contributed by atoms with Crippen LogP contribution in [0.1, 0.15) is 18.4 Å². The van der Waals surface area contributed by atoms with Gasteiger partial charge in [-0.25, -0.2) is 8.42 Å². The third-order valence-corrected chi connectivity index (χ3v) is 6.72.